The second kappa shape index (κ2) is 13.6. The van der Waals surface area contributed by atoms with E-state index < -0.39 is 0 Å². The molecule has 0 radical (unpaired) electrons. The zero-order valence-electron chi connectivity index (χ0n) is 25.5. The molecule has 0 atom stereocenters. The predicted octanol–water partition coefficient (Wildman–Crippen LogP) is 8.03. The smallest absolute Gasteiger partial charge is 0.182 e. The molecule has 0 bridgehead atoms. The molecule has 234 valence electrons. The maximum absolute atomic E-state index is 12.8. The Morgan fingerprint density at radius 3 is 2.59 bits per heavy atom. The Hall–Kier alpha value is -5.00. The van der Waals surface area contributed by atoms with Gasteiger partial charge in [-0.15, -0.1) is 23.8 Å². The van der Waals surface area contributed by atoms with Crippen LogP contribution in [0.2, 0.25) is 0 Å². The van der Waals surface area contributed by atoms with E-state index >= 15 is 0 Å². The summed E-state index contributed by atoms with van der Waals surface area (Å²) in [4.78, 5) is 31.7. The fourth-order valence-corrected chi connectivity index (χ4v) is 4.99. The van der Waals surface area contributed by atoms with Gasteiger partial charge in [-0.05, 0) is 104 Å². The Labute approximate surface area is 280 Å². The minimum Gasteiger partial charge on any atom is -0.500 e. The van der Waals surface area contributed by atoms with E-state index in [1.54, 1.807) is 48.8 Å². The van der Waals surface area contributed by atoms with Crippen molar-refractivity contribution in [2.24, 2.45) is 0 Å². The molecule has 0 spiro atoms. The van der Waals surface area contributed by atoms with Crippen LogP contribution in [0.5, 0.6) is 11.5 Å². The van der Waals surface area contributed by atoms with E-state index in [-0.39, 0.29) is 37.5 Å². The van der Waals surface area contributed by atoms with E-state index in [4.69, 9.17) is 13.9 Å². The average Bonchev–Trinajstić information content (AvgIpc) is 3.04. The van der Waals surface area contributed by atoms with Crippen molar-refractivity contribution >= 4 is 21.9 Å². The third-order valence-corrected chi connectivity index (χ3v) is 7.04. The molecular weight excluding hydrogens is 760 g/mol. The van der Waals surface area contributed by atoms with Gasteiger partial charge in [-0.3, -0.25) is 9.59 Å². The molecule has 0 amide bonds. The van der Waals surface area contributed by atoms with Gasteiger partial charge in [0.2, 0.25) is 0 Å². The standard InChI is InChI=1S/C22H18NO3.C16H13NO2.Pt/c1-22(2,3)26-15-10-11-23-18(13-15)14-8-9-20-17(12-14)21(24)16-6-4-5-7-19(16)25-20;1-2-14-5-3-12-9-11(4-6-16(12)19-14)15-10-13(18)7-8-17-15;/h4-7,9-13H,1-3H3;2,4-10H,1,3H2,(H,17,18);/q-1;;. The number of fused-ring (bicyclic) bond motifs is 3. The number of nitrogens with zero attached hydrogens (tertiary/aromatic N) is 1. The SMILES string of the molecule is C=CC1=CCc2cc(-c3cc(=O)cc[nH]3)ccc2O1.CC(C)(C)Oc1ccnc(-c2[c-]cc3oc4ccccc4c(=O)c3c2)c1.[Pt]. The van der Waals surface area contributed by atoms with Crippen molar-refractivity contribution in [2.45, 2.75) is 32.8 Å². The number of aromatic amines is 1. The molecule has 0 aliphatic carbocycles. The molecule has 3 aromatic heterocycles. The molecule has 4 heterocycles. The summed E-state index contributed by atoms with van der Waals surface area (Å²) in [6.07, 6.45) is 7.85. The Kier molecular flexibility index (Phi) is 9.54. The summed E-state index contributed by atoms with van der Waals surface area (Å²) >= 11 is 0. The van der Waals surface area contributed by atoms with Crippen molar-refractivity contribution in [2.75, 3.05) is 0 Å². The van der Waals surface area contributed by atoms with Crippen molar-refractivity contribution < 1.29 is 35.0 Å². The topological polar surface area (TPSA) is 94.4 Å². The molecule has 1 N–H and O–H groups in total. The van der Waals surface area contributed by atoms with Crippen LogP contribution >= 0.6 is 0 Å². The molecule has 1 aliphatic heterocycles. The first-order valence-electron chi connectivity index (χ1n) is 14.5. The number of nitrogens with one attached hydrogen (secondary N) is 1. The molecule has 8 heteroatoms. The largest absolute Gasteiger partial charge is 0.500 e. The quantitative estimate of drug-likeness (QED) is 0.144. The molecule has 7 nitrogen and oxygen atoms in total. The fourth-order valence-electron chi connectivity index (χ4n) is 4.99. The van der Waals surface area contributed by atoms with E-state index in [2.05, 4.69) is 22.6 Å². The van der Waals surface area contributed by atoms with Crippen LogP contribution in [0.4, 0.5) is 0 Å². The van der Waals surface area contributed by atoms with E-state index in [0.717, 1.165) is 46.1 Å². The maximum Gasteiger partial charge on any atom is 0.182 e. The molecule has 0 unspecified atom stereocenters. The van der Waals surface area contributed by atoms with Gasteiger partial charge < -0.3 is 23.9 Å². The number of allylic oxidation sites excluding steroid dienone is 2. The Bertz CT molecular complexity index is 2210. The molecule has 1 aliphatic rings. The summed E-state index contributed by atoms with van der Waals surface area (Å²) < 4.78 is 17.4. The number of hydrogen-bond donors (Lipinski definition) is 1. The van der Waals surface area contributed by atoms with E-state index in [0.29, 0.717) is 27.6 Å². The summed E-state index contributed by atoms with van der Waals surface area (Å²) in [6, 6.07) is 26.5. The molecule has 3 aromatic carbocycles. The first kappa shape index (κ1) is 32.4. The number of rotatable bonds is 4. The van der Waals surface area contributed by atoms with Gasteiger partial charge in [-0.25, -0.2) is 0 Å². The second-order valence-electron chi connectivity index (χ2n) is 11.5. The zero-order valence-corrected chi connectivity index (χ0v) is 27.8. The molecule has 46 heavy (non-hydrogen) atoms. The number of pyridine rings is 2. The third-order valence-electron chi connectivity index (χ3n) is 7.04. The van der Waals surface area contributed by atoms with Gasteiger partial charge in [0.1, 0.15) is 28.4 Å². The summed E-state index contributed by atoms with van der Waals surface area (Å²) in [5.41, 5.74) is 5.05. The van der Waals surface area contributed by atoms with Gasteiger partial charge >= 0.3 is 0 Å². The minimum absolute atomic E-state index is 0. The van der Waals surface area contributed by atoms with Crippen LogP contribution in [0.1, 0.15) is 26.3 Å². The third kappa shape index (κ3) is 7.27. The van der Waals surface area contributed by atoms with Crippen LogP contribution in [-0.4, -0.2) is 15.6 Å². The van der Waals surface area contributed by atoms with Crippen molar-refractivity contribution in [1.82, 2.24) is 9.97 Å². The number of H-pyrrole nitrogens is 1. The van der Waals surface area contributed by atoms with Gasteiger partial charge in [-0.1, -0.05) is 18.7 Å². The van der Waals surface area contributed by atoms with Gasteiger partial charge in [0.15, 0.2) is 10.9 Å². The number of benzene rings is 3. The van der Waals surface area contributed by atoms with Crippen molar-refractivity contribution in [3.63, 3.8) is 0 Å². The first-order valence-corrected chi connectivity index (χ1v) is 14.5. The summed E-state index contributed by atoms with van der Waals surface area (Å²) in [6.45, 7) is 9.67. The van der Waals surface area contributed by atoms with Gasteiger partial charge in [0.05, 0.1) is 11.0 Å². The van der Waals surface area contributed by atoms with Crippen molar-refractivity contribution in [3.8, 4) is 34.0 Å². The van der Waals surface area contributed by atoms with Crippen LogP contribution < -0.4 is 20.3 Å². The number of para-hydroxylation sites is 1. The Morgan fingerprint density at radius 1 is 0.978 bits per heavy atom. The Morgan fingerprint density at radius 2 is 1.80 bits per heavy atom. The van der Waals surface area contributed by atoms with E-state index in [9.17, 15) is 9.59 Å². The molecule has 6 aromatic rings. The minimum atomic E-state index is -0.300. The first-order chi connectivity index (χ1) is 21.7. The van der Waals surface area contributed by atoms with Crippen molar-refractivity contribution in [3.05, 3.63) is 148 Å². The summed E-state index contributed by atoms with van der Waals surface area (Å²) in [7, 11) is 0. The van der Waals surface area contributed by atoms with Crippen LogP contribution in [0.3, 0.4) is 0 Å². The van der Waals surface area contributed by atoms with Crippen LogP contribution in [0.25, 0.3) is 44.5 Å². The molecular formula is C38H31N2O5Pt-. The Balaban J connectivity index is 0.000000186. The molecule has 0 saturated carbocycles. The summed E-state index contributed by atoms with van der Waals surface area (Å²) in [5.74, 6) is 2.36. The number of ether oxygens (including phenoxy) is 2. The van der Waals surface area contributed by atoms with E-state index in [1.165, 1.54) is 6.07 Å². The molecule has 7 rings (SSSR count). The van der Waals surface area contributed by atoms with Gasteiger partial charge in [0, 0.05) is 51.3 Å². The predicted molar refractivity (Wildman–Crippen MR) is 178 cm³/mol. The maximum atomic E-state index is 12.8. The van der Waals surface area contributed by atoms with Crippen LogP contribution in [0, 0.1) is 6.07 Å². The van der Waals surface area contributed by atoms with Crippen LogP contribution in [0.15, 0.2) is 130 Å². The fraction of sp³-hybridized carbons (Fsp3) is 0.132. The zero-order chi connectivity index (χ0) is 31.6. The van der Waals surface area contributed by atoms with Crippen molar-refractivity contribution in [1.29, 1.82) is 0 Å². The monoisotopic (exact) mass is 790 g/mol. The van der Waals surface area contributed by atoms with Gasteiger partial charge in [-0.2, -0.15) is 0 Å². The average molecular weight is 791 g/mol. The molecule has 0 saturated heterocycles. The van der Waals surface area contributed by atoms with Crippen LogP contribution in [-0.2, 0) is 27.5 Å². The number of aromatic nitrogens is 2. The van der Waals surface area contributed by atoms with Gasteiger partial charge in [0.25, 0.3) is 0 Å². The number of hydrogen-bond acceptors (Lipinski definition) is 6. The second-order valence-corrected chi connectivity index (χ2v) is 11.5. The van der Waals surface area contributed by atoms with E-state index in [1.807, 2.05) is 69.3 Å². The normalized spacial score (nSPS) is 12.1. The molecule has 0 fully saturated rings. The summed E-state index contributed by atoms with van der Waals surface area (Å²) in [5, 5.41) is 1.08.